The molecule has 3 saturated heterocycles. The maximum atomic E-state index is 12.3. The quantitative estimate of drug-likeness (QED) is 0.640. The van der Waals surface area contributed by atoms with E-state index < -0.39 is 0 Å². The van der Waals surface area contributed by atoms with Gasteiger partial charge in [-0.25, -0.2) is 4.79 Å². The van der Waals surface area contributed by atoms with Crippen LogP contribution in [-0.4, -0.2) is 53.6 Å². The second kappa shape index (κ2) is 4.29. The van der Waals surface area contributed by atoms with Crippen molar-refractivity contribution in [3.05, 3.63) is 0 Å². The fourth-order valence-corrected chi connectivity index (χ4v) is 3.05. The Labute approximate surface area is 101 Å². The molecule has 0 spiro atoms. The summed E-state index contributed by atoms with van der Waals surface area (Å²) < 4.78 is 5.28. The van der Waals surface area contributed by atoms with Crippen LogP contribution in [0.25, 0.3) is 0 Å². The minimum Gasteiger partial charge on any atom is -0.379 e. The Kier molecular flexibility index (Phi) is 2.78. The van der Waals surface area contributed by atoms with Gasteiger partial charge in [-0.15, -0.1) is 0 Å². The zero-order valence-electron chi connectivity index (χ0n) is 9.93. The van der Waals surface area contributed by atoms with E-state index in [0.717, 1.165) is 38.6 Å². The van der Waals surface area contributed by atoms with Gasteiger partial charge in [0, 0.05) is 13.2 Å². The molecule has 94 valence electrons. The average Bonchev–Trinajstić information content (AvgIpc) is 2.81. The van der Waals surface area contributed by atoms with Crippen LogP contribution in [0.4, 0.5) is 4.79 Å². The molecule has 3 aliphatic heterocycles. The highest BCUT2D eigenvalue weighted by Crippen LogP contribution is 2.29. The summed E-state index contributed by atoms with van der Waals surface area (Å²) in [6.45, 7) is 1.91. The van der Waals surface area contributed by atoms with Gasteiger partial charge in [0.15, 0.2) is 0 Å². The summed E-state index contributed by atoms with van der Waals surface area (Å²) in [5.41, 5.74) is 0. The molecule has 3 rings (SSSR count). The molecule has 3 aliphatic rings. The molecule has 0 bridgehead atoms. The van der Waals surface area contributed by atoms with E-state index in [9.17, 15) is 9.59 Å². The van der Waals surface area contributed by atoms with Crippen molar-refractivity contribution >= 4 is 11.9 Å². The van der Waals surface area contributed by atoms with Gasteiger partial charge in [0.25, 0.3) is 5.91 Å². The summed E-state index contributed by atoms with van der Waals surface area (Å²) in [7, 11) is 0. The maximum absolute atomic E-state index is 12.3. The van der Waals surface area contributed by atoms with Crippen molar-refractivity contribution in [2.24, 2.45) is 0 Å². The minimum absolute atomic E-state index is 0.00685. The topological polar surface area (TPSA) is 49.9 Å². The molecule has 3 fully saturated rings. The summed E-state index contributed by atoms with van der Waals surface area (Å²) in [5.74, 6) is 0.00685. The van der Waals surface area contributed by atoms with Crippen molar-refractivity contribution in [2.75, 3.05) is 19.8 Å². The van der Waals surface area contributed by atoms with Crippen LogP contribution in [0.5, 0.6) is 0 Å². The fraction of sp³-hybridized carbons (Fsp3) is 0.833. The van der Waals surface area contributed by atoms with Crippen molar-refractivity contribution in [2.45, 2.75) is 44.2 Å². The molecule has 5 heteroatoms. The third-order valence-corrected chi connectivity index (χ3v) is 4.00. The zero-order valence-corrected chi connectivity index (χ0v) is 9.93. The highest BCUT2D eigenvalue weighted by Gasteiger charge is 2.48. The van der Waals surface area contributed by atoms with Crippen molar-refractivity contribution in [1.29, 1.82) is 0 Å². The third kappa shape index (κ3) is 1.73. The summed E-state index contributed by atoms with van der Waals surface area (Å²) in [6.07, 6.45) is 4.81. The van der Waals surface area contributed by atoms with E-state index in [1.54, 1.807) is 4.90 Å². The Morgan fingerprint density at radius 1 is 1.12 bits per heavy atom. The predicted octanol–water partition coefficient (Wildman–Crippen LogP) is 0.982. The lowest BCUT2D eigenvalue weighted by Crippen LogP contribution is -2.41. The molecule has 0 aromatic carbocycles. The summed E-state index contributed by atoms with van der Waals surface area (Å²) in [4.78, 5) is 27.8. The second-order valence-corrected chi connectivity index (χ2v) is 5.07. The maximum Gasteiger partial charge on any atom is 0.327 e. The van der Waals surface area contributed by atoms with Crippen molar-refractivity contribution in [3.63, 3.8) is 0 Å². The van der Waals surface area contributed by atoms with E-state index in [0.29, 0.717) is 13.2 Å². The molecule has 0 radical (unpaired) electrons. The molecule has 0 N–H and O–H groups in total. The zero-order chi connectivity index (χ0) is 11.8. The van der Waals surface area contributed by atoms with Crippen LogP contribution >= 0.6 is 0 Å². The predicted molar refractivity (Wildman–Crippen MR) is 60.4 cm³/mol. The highest BCUT2D eigenvalue weighted by atomic mass is 16.5. The first-order valence-electron chi connectivity index (χ1n) is 6.50. The first-order valence-corrected chi connectivity index (χ1v) is 6.50. The van der Waals surface area contributed by atoms with Gasteiger partial charge in [0.05, 0.1) is 12.6 Å². The molecule has 3 heterocycles. The third-order valence-electron chi connectivity index (χ3n) is 4.00. The van der Waals surface area contributed by atoms with Gasteiger partial charge < -0.3 is 9.64 Å². The number of ether oxygens (including phenoxy) is 1. The molecular weight excluding hydrogens is 220 g/mol. The number of hydrogen-bond acceptors (Lipinski definition) is 3. The van der Waals surface area contributed by atoms with Gasteiger partial charge in [-0.1, -0.05) is 12.8 Å². The molecule has 3 amide bonds. The number of hydrogen-bond donors (Lipinski definition) is 0. The van der Waals surface area contributed by atoms with E-state index in [4.69, 9.17) is 4.74 Å². The van der Waals surface area contributed by atoms with Crippen LogP contribution in [0.3, 0.4) is 0 Å². The summed E-state index contributed by atoms with van der Waals surface area (Å²) >= 11 is 0. The van der Waals surface area contributed by atoms with Crippen LogP contribution in [0.2, 0.25) is 0 Å². The molecule has 2 atom stereocenters. The van der Waals surface area contributed by atoms with Gasteiger partial charge in [-0.3, -0.25) is 9.69 Å². The molecule has 0 aromatic heterocycles. The molecular formula is C12H18N2O3. The van der Waals surface area contributed by atoms with Gasteiger partial charge in [0.2, 0.25) is 0 Å². The average molecular weight is 238 g/mol. The molecule has 0 aromatic rings. The fourth-order valence-electron chi connectivity index (χ4n) is 3.05. The molecule has 5 nitrogen and oxygen atoms in total. The lowest BCUT2D eigenvalue weighted by molar-refractivity contribution is -0.129. The van der Waals surface area contributed by atoms with Crippen LogP contribution in [0, 0.1) is 0 Å². The molecule has 0 aliphatic carbocycles. The lowest BCUT2D eigenvalue weighted by Gasteiger charge is -2.21. The Hall–Kier alpha value is -1.10. The number of carbonyl (C=O) groups is 2. The van der Waals surface area contributed by atoms with Gasteiger partial charge in [-0.05, 0) is 19.3 Å². The number of nitrogens with zero attached hydrogens (tertiary/aromatic N) is 2. The smallest absolute Gasteiger partial charge is 0.327 e. The van der Waals surface area contributed by atoms with E-state index in [-0.39, 0.29) is 24.0 Å². The van der Waals surface area contributed by atoms with E-state index >= 15 is 0 Å². The van der Waals surface area contributed by atoms with Crippen LogP contribution in [0.15, 0.2) is 0 Å². The summed E-state index contributed by atoms with van der Waals surface area (Å²) in [6, 6.07) is -0.301. The van der Waals surface area contributed by atoms with E-state index in [2.05, 4.69) is 0 Å². The van der Waals surface area contributed by atoms with Crippen LogP contribution in [0.1, 0.15) is 32.1 Å². The Balaban J connectivity index is 1.82. The highest BCUT2D eigenvalue weighted by molar-refractivity contribution is 6.04. The number of fused-ring (bicyclic) bond motifs is 1. The number of urea groups is 1. The van der Waals surface area contributed by atoms with Crippen LogP contribution < -0.4 is 0 Å². The SMILES string of the molecule is O=C1C2CCCCCN2C(=O)N1C1CCOC1. The molecule has 17 heavy (non-hydrogen) atoms. The largest absolute Gasteiger partial charge is 0.379 e. The number of carbonyl (C=O) groups excluding carboxylic acids is 2. The number of imide groups is 1. The summed E-state index contributed by atoms with van der Waals surface area (Å²) in [5, 5.41) is 0. The molecule has 2 unspecified atom stereocenters. The van der Waals surface area contributed by atoms with Crippen molar-refractivity contribution in [1.82, 2.24) is 9.80 Å². The number of amides is 3. The van der Waals surface area contributed by atoms with Crippen molar-refractivity contribution < 1.29 is 14.3 Å². The van der Waals surface area contributed by atoms with Crippen molar-refractivity contribution in [3.8, 4) is 0 Å². The standard InChI is InChI=1S/C12H18N2O3/c15-11-10-4-2-1-3-6-13(10)12(16)14(11)9-5-7-17-8-9/h9-10H,1-8H2. The van der Waals surface area contributed by atoms with E-state index in [1.165, 1.54) is 4.90 Å². The lowest BCUT2D eigenvalue weighted by atomic mass is 10.1. The minimum atomic E-state index is -0.189. The normalized spacial score (nSPS) is 34.1. The van der Waals surface area contributed by atoms with Crippen LogP contribution in [-0.2, 0) is 9.53 Å². The number of rotatable bonds is 1. The second-order valence-electron chi connectivity index (χ2n) is 5.07. The monoisotopic (exact) mass is 238 g/mol. The van der Waals surface area contributed by atoms with Gasteiger partial charge in [0.1, 0.15) is 6.04 Å². The Bertz CT molecular complexity index is 315. The first-order chi connectivity index (χ1) is 8.29. The Morgan fingerprint density at radius 2 is 2.00 bits per heavy atom. The Morgan fingerprint density at radius 3 is 2.76 bits per heavy atom. The van der Waals surface area contributed by atoms with Gasteiger partial charge >= 0.3 is 6.03 Å². The van der Waals surface area contributed by atoms with E-state index in [1.807, 2.05) is 0 Å². The van der Waals surface area contributed by atoms with Gasteiger partial charge in [-0.2, -0.15) is 0 Å². The molecule has 0 saturated carbocycles. The first kappa shape index (κ1) is 11.0.